The number of fused-ring (bicyclic) bond motifs is 1. The number of furan rings is 1. The quantitative estimate of drug-likeness (QED) is 0.462. The highest BCUT2D eigenvalue weighted by molar-refractivity contribution is 7.91. The number of rotatable bonds is 6. The van der Waals surface area contributed by atoms with Crippen LogP contribution in [-0.4, -0.2) is 26.1 Å². The van der Waals surface area contributed by atoms with Crippen LogP contribution in [-0.2, 0) is 16.4 Å². The van der Waals surface area contributed by atoms with Crippen molar-refractivity contribution in [3.8, 4) is 0 Å². The molecule has 7 nitrogen and oxygen atoms in total. The Bertz CT molecular complexity index is 1080. The van der Waals surface area contributed by atoms with Gasteiger partial charge in [0, 0.05) is 18.5 Å². The van der Waals surface area contributed by atoms with Gasteiger partial charge in [0.15, 0.2) is 0 Å². The molecule has 0 radical (unpaired) electrons. The van der Waals surface area contributed by atoms with Gasteiger partial charge in [-0.1, -0.05) is 18.2 Å². The summed E-state index contributed by atoms with van der Waals surface area (Å²) in [7, 11) is -3.37. The van der Waals surface area contributed by atoms with E-state index < -0.39 is 31.1 Å². The third-order valence-corrected chi connectivity index (χ3v) is 5.37. The van der Waals surface area contributed by atoms with Gasteiger partial charge in [0.05, 0.1) is 16.4 Å². The summed E-state index contributed by atoms with van der Waals surface area (Å²) in [5, 5.41) is 12.2. The number of hydrogen-bond donors (Lipinski definition) is 0. The van der Waals surface area contributed by atoms with Crippen LogP contribution in [0.3, 0.4) is 0 Å². The average molecular weight is 396 g/mol. The molecule has 0 atom stereocenters. The van der Waals surface area contributed by atoms with Crippen molar-refractivity contribution in [2.45, 2.75) is 17.2 Å². The molecular formula is C17H14F2N2O5S. The van der Waals surface area contributed by atoms with Crippen LogP contribution in [0.1, 0.15) is 5.76 Å². The fourth-order valence-corrected chi connectivity index (χ4v) is 3.43. The van der Waals surface area contributed by atoms with Gasteiger partial charge in [-0.25, -0.2) is 8.42 Å². The molecule has 0 aliphatic heterocycles. The lowest BCUT2D eigenvalue weighted by Crippen LogP contribution is -2.18. The number of anilines is 1. The van der Waals surface area contributed by atoms with E-state index in [2.05, 4.69) is 0 Å². The molecule has 1 heterocycles. The Morgan fingerprint density at radius 1 is 1.19 bits per heavy atom. The highest BCUT2D eigenvalue weighted by Gasteiger charge is 2.30. The SMILES string of the molecule is CN(Cc1cc2ccccc2o1)c1ccc(S(=O)(=O)C(F)F)cc1[N+](=O)[O-]. The first-order valence-corrected chi connectivity index (χ1v) is 9.24. The molecule has 0 fully saturated rings. The summed E-state index contributed by atoms with van der Waals surface area (Å²) >= 11 is 0. The normalized spacial score (nSPS) is 11.9. The lowest BCUT2D eigenvalue weighted by molar-refractivity contribution is -0.384. The van der Waals surface area contributed by atoms with E-state index in [0.717, 1.165) is 17.5 Å². The van der Waals surface area contributed by atoms with Crippen molar-refractivity contribution < 1.29 is 26.5 Å². The van der Waals surface area contributed by atoms with Gasteiger partial charge in [0.25, 0.3) is 5.69 Å². The van der Waals surface area contributed by atoms with E-state index in [9.17, 15) is 27.3 Å². The monoisotopic (exact) mass is 396 g/mol. The van der Waals surface area contributed by atoms with Crippen molar-refractivity contribution in [2.24, 2.45) is 0 Å². The topological polar surface area (TPSA) is 93.7 Å². The summed E-state index contributed by atoms with van der Waals surface area (Å²) in [5.74, 6) is -3.12. The molecule has 142 valence electrons. The second-order valence-electron chi connectivity index (χ2n) is 5.82. The number of halogens is 2. The minimum absolute atomic E-state index is 0.0775. The van der Waals surface area contributed by atoms with Crippen LogP contribution in [0.2, 0.25) is 0 Å². The van der Waals surface area contributed by atoms with Gasteiger partial charge in [0.1, 0.15) is 17.0 Å². The second-order valence-corrected chi connectivity index (χ2v) is 7.74. The van der Waals surface area contributed by atoms with E-state index >= 15 is 0 Å². The molecule has 0 amide bonds. The maximum atomic E-state index is 12.7. The van der Waals surface area contributed by atoms with Crippen molar-refractivity contribution >= 4 is 32.2 Å². The van der Waals surface area contributed by atoms with Crippen molar-refractivity contribution in [3.05, 3.63) is 64.4 Å². The Kier molecular flexibility index (Phi) is 4.83. The van der Waals surface area contributed by atoms with Gasteiger partial charge in [-0.3, -0.25) is 10.1 Å². The van der Waals surface area contributed by atoms with Crippen molar-refractivity contribution in [2.75, 3.05) is 11.9 Å². The average Bonchev–Trinajstić information content (AvgIpc) is 3.03. The van der Waals surface area contributed by atoms with Crippen molar-refractivity contribution in [1.82, 2.24) is 0 Å². The number of hydrogen-bond acceptors (Lipinski definition) is 6. The van der Waals surface area contributed by atoms with Crippen LogP contribution >= 0.6 is 0 Å². The molecule has 3 aromatic rings. The fraction of sp³-hybridized carbons (Fsp3) is 0.176. The van der Waals surface area contributed by atoms with Crippen LogP contribution in [0.15, 0.2) is 57.8 Å². The molecule has 0 N–H and O–H groups in total. The molecular weight excluding hydrogens is 382 g/mol. The molecule has 0 unspecified atom stereocenters. The fourth-order valence-electron chi connectivity index (χ4n) is 2.69. The van der Waals surface area contributed by atoms with E-state index in [4.69, 9.17) is 4.42 Å². The lowest BCUT2D eigenvalue weighted by atomic mass is 10.2. The third-order valence-electron chi connectivity index (χ3n) is 3.99. The van der Waals surface area contributed by atoms with Gasteiger partial charge in [-0.2, -0.15) is 8.78 Å². The second kappa shape index (κ2) is 6.95. The Morgan fingerprint density at radius 3 is 2.52 bits per heavy atom. The number of nitro benzene ring substituents is 1. The first kappa shape index (κ1) is 18.8. The maximum Gasteiger partial charge on any atom is 0.341 e. The van der Waals surface area contributed by atoms with Crippen LogP contribution in [0.5, 0.6) is 0 Å². The summed E-state index contributed by atoms with van der Waals surface area (Å²) in [6, 6.07) is 11.8. The van der Waals surface area contributed by atoms with Crippen LogP contribution in [0.25, 0.3) is 11.0 Å². The zero-order valence-electron chi connectivity index (χ0n) is 14.0. The summed E-state index contributed by atoms with van der Waals surface area (Å²) in [5.41, 5.74) is 0.151. The van der Waals surface area contributed by atoms with E-state index in [1.54, 1.807) is 19.2 Å². The minimum Gasteiger partial charge on any atom is -0.459 e. The first-order chi connectivity index (χ1) is 12.7. The molecule has 3 rings (SSSR count). The lowest BCUT2D eigenvalue weighted by Gasteiger charge is -2.18. The van der Waals surface area contributed by atoms with Gasteiger partial charge in [0.2, 0.25) is 9.84 Å². The zero-order chi connectivity index (χ0) is 19.8. The van der Waals surface area contributed by atoms with E-state index in [1.807, 2.05) is 18.2 Å². The standard InChI is InChI=1S/C17H14F2N2O5S/c1-20(10-12-8-11-4-2-3-5-16(11)26-12)14-7-6-13(9-15(14)21(22)23)27(24,25)17(18)19/h2-9,17H,10H2,1H3. The van der Waals surface area contributed by atoms with Gasteiger partial charge >= 0.3 is 5.76 Å². The summed E-state index contributed by atoms with van der Waals surface area (Å²) in [4.78, 5) is 11.2. The molecule has 0 saturated heterocycles. The maximum absolute atomic E-state index is 12.7. The first-order valence-electron chi connectivity index (χ1n) is 7.69. The van der Waals surface area contributed by atoms with Crippen LogP contribution < -0.4 is 4.90 Å². The molecule has 1 aromatic heterocycles. The zero-order valence-corrected chi connectivity index (χ0v) is 14.8. The highest BCUT2D eigenvalue weighted by Crippen LogP contribution is 2.33. The van der Waals surface area contributed by atoms with Gasteiger partial charge in [-0.05, 0) is 24.3 Å². The molecule has 10 heteroatoms. The van der Waals surface area contributed by atoms with E-state index in [0.29, 0.717) is 17.4 Å². The number of sulfone groups is 1. The molecule has 0 spiro atoms. The number of nitro groups is 1. The highest BCUT2D eigenvalue weighted by atomic mass is 32.2. The van der Waals surface area contributed by atoms with Crippen LogP contribution in [0, 0.1) is 10.1 Å². The largest absolute Gasteiger partial charge is 0.459 e. The van der Waals surface area contributed by atoms with Gasteiger partial charge < -0.3 is 9.32 Å². The Morgan fingerprint density at radius 2 is 1.89 bits per heavy atom. The number of alkyl halides is 2. The predicted octanol–water partition coefficient (Wildman–Crippen LogP) is 3.97. The van der Waals surface area contributed by atoms with E-state index in [1.165, 1.54) is 4.90 Å². The molecule has 0 aliphatic rings. The Balaban J connectivity index is 1.96. The summed E-state index contributed by atoms with van der Waals surface area (Å²) in [6.07, 6.45) is 0. The third kappa shape index (κ3) is 3.61. The number of benzene rings is 2. The van der Waals surface area contributed by atoms with Crippen molar-refractivity contribution in [3.63, 3.8) is 0 Å². The molecule has 27 heavy (non-hydrogen) atoms. The smallest absolute Gasteiger partial charge is 0.341 e. The number of nitrogens with zero attached hydrogens (tertiary/aromatic N) is 2. The minimum atomic E-state index is -4.93. The predicted molar refractivity (Wildman–Crippen MR) is 94.6 cm³/mol. The van der Waals surface area contributed by atoms with Crippen molar-refractivity contribution in [1.29, 1.82) is 0 Å². The van der Waals surface area contributed by atoms with Gasteiger partial charge in [-0.15, -0.1) is 0 Å². The number of para-hydroxylation sites is 1. The molecule has 2 aromatic carbocycles. The Labute approximate surface area is 152 Å². The summed E-state index contributed by atoms with van der Waals surface area (Å²) in [6.45, 7) is 0.163. The molecule has 0 aliphatic carbocycles. The Hall–Kier alpha value is -3.01. The summed E-state index contributed by atoms with van der Waals surface area (Å²) < 4.78 is 54.2. The van der Waals surface area contributed by atoms with E-state index in [-0.39, 0.29) is 12.2 Å². The molecule has 0 bridgehead atoms. The molecule has 0 saturated carbocycles. The van der Waals surface area contributed by atoms with Crippen LogP contribution in [0.4, 0.5) is 20.2 Å².